The Morgan fingerprint density at radius 2 is 1.43 bits per heavy atom. The summed E-state index contributed by atoms with van der Waals surface area (Å²) in [4.78, 5) is 12.1. The van der Waals surface area contributed by atoms with Crippen LogP contribution in [0.25, 0.3) is 0 Å². The van der Waals surface area contributed by atoms with Crippen molar-refractivity contribution in [2.75, 3.05) is 0 Å². The van der Waals surface area contributed by atoms with E-state index < -0.39 is 6.16 Å². The van der Waals surface area contributed by atoms with E-state index in [9.17, 15) is 4.79 Å². The Bertz CT molecular complexity index is 406. The Hall–Kier alpha value is -0.730. The van der Waals surface area contributed by atoms with E-state index in [4.69, 9.17) is 9.47 Å². The molecule has 0 bridgehead atoms. The van der Waals surface area contributed by atoms with Gasteiger partial charge in [-0.2, -0.15) is 0 Å². The zero-order chi connectivity index (χ0) is 20.2. The first kappa shape index (κ1) is 23.5. The lowest BCUT2D eigenvalue weighted by Crippen LogP contribution is -2.30. The second-order valence-corrected chi connectivity index (χ2v) is 9.61. The minimum atomic E-state index is -0.442. The Morgan fingerprint density at radius 1 is 0.821 bits per heavy atom. The molecule has 164 valence electrons. The van der Waals surface area contributed by atoms with Gasteiger partial charge in [-0.1, -0.05) is 65.2 Å². The van der Waals surface area contributed by atoms with Crippen LogP contribution in [0.3, 0.4) is 0 Å². The van der Waals surface area contributed by atoms with E-state index in [1.807, 2.05) is 6.92 Å². The van der Waals surface area contributed by atoms with Crippen LogP contribution in [0.15, 0.2) is 0 Å². The molecular weight excluding hydrogens is 348 g/mol. The SMILES string of the molecule is CCCCCC[C@H](C)OC(=O)OC1CCC(C2CCC(CCCC)CC2)CC1. The van der Waals surface area contributed by atoms with Crippen molar-refractivity contribution in [1.82, 2.24) is 0 Å². The summed E-state index contributed by atoms with van der Waals surface area (Å²) < 4.78 is 11.1. The van der Waals surface area contributed by atoms with Gasteiger partial charge >= 0.3 is 6.16 Å². The largest absolute Gasteiger partial charge is 0.508 e. The van der Waals surface area contributed by atoms with Gasteiger partial charge < -0.3 is 9.47 Å². The quantitative estimate of drug-likeness (QED) is 0.262. The number of carbonyl (C=O) groups excluding carboxylic acids is 1. The Labute approximate surface area is 174 Å². The lowest BCUT2D eigenvalue weighted by molar-refractivity contribution is -0.0174. The van der Waals surface area contributed by atoms with E-state index >= 15 is 0 Å². The average molecular weight is 395 g/mol. The third kappa shape index (κ3) is 8.74. The Morgan fingerprint density at radius 3 is 2.04 bits per heavy atom. The van der Waals surface area contributed by atoms with Gasteiger partial charge in [-0.05, 0) is 76.0 Å². The van der Waals surface area contributed by atoms with E-state index in [1.165, 1.54) is 77.0 Å². The molecule has 0 saturated heterocycles. The Kier molecular flexibility index (Phi) is 11.3. The van der Waals surface area contributed by atoms with E-state index in [0.29, 0.717) is 0 Å². The van der Waals surface area contributed by atoms with Gasteiger partial charge in [0.1, 0.15) is 12.2 Å². The number of hydrogen-bond donors (Lipinski definition) is 0. The van der Waals surface area contributed by atoms with Crippen molar-refractivity contribution in [3.05, 3.63) is 0 Å². The molecule has 2 rings (SSSR count). The fraction of sp³-hybridized carbons (Fsp3) is 0.960. The summed E-state index contributed by atoms with van der Waals surface area (Å²) in [6.45, 7) is 6.50. The van der Waals surface area contributed by atoms with Crippen LogP contribution < -0.4 is 0 Å². The minimum Gasteiger partial charge on any atom is -0.431 e. The van der Waals surface area contributed by atoms with Gasteiger partial charge in [-0.15, -0.1) is 0 Å². The van der Waals surface area contributed by atoms with Crippen LogP contribution in [-0.2, 0) is 9.47 Å². The minimum absolute atomic E-state index is 0.0245. The molecule has 3 nitrogen and oxygen atoms in total. The molecule has 2 saturated carbocycles. The monoisotopic (exact) mass is 394 g/mol. The van der Waals surface area contributed by atoms with E-state index in [0.717, 1.165) is 43.4 Å². The zero-order valence-corrected chi connectivity index (χ0v) is 18.9. The smallest absolute Gasteiger partial charge is 0.431 e. The highest BCUT2D eigenvalue weighted by molar-refractivity contribution is 5.60. The maximum Gasteiger partial charge on any atom is 0.508 e. The van der Waals surface area contributed by atoms with Crippen molar-refractivity contribution in [2.45, 2.75) is 136 Å². The van der Waals surface area contributed by atoms with Gasteiger partial charge in [-0.3, -0.25) is 0 Å². The summed E-state index contributed by atoms with van der Waals surface area (Å²) in [5, 5.41) is 0. The molecular formula is C25H46O3. The van der Waals surface area contributed by atoms with Crippen LogP contribution in [0.2, 0.25) is 0 Å². The molecule has 0 unspecified atom stereocenters. The van der Waals surface area contributed by atoms with Gasteiger partial charge in [-0.25, -0.2) is 4.79 Å². The number of ether oxygens (including phenoxy) is 2. The highest BCUT2D eigenvalue weighted by Gasteiger charge is 2.32. The van der Waals surface area contributed by atoms with Gasteiger partial charge in [0, 0.05) is 0 Å². The molecule has 28 heavy (non-hydrogen) atoms. The van der Waals surface area contributed by atoms with Crippen LogP contribution >= 0.6 is 0 Å². The molecule has 0 spiro atoms. The molecule has 2 fully saturated rings. The molecule has 0 aliphatic heterocycles. The van der Waals surface area contributed by atoms with Crippen molar-refractivity contribution in [3.63, 3.8) is 0 Å². The first-order valence-electron chi connectivity index (χ1n) is 12.5. The van der Waals surface area contributed by atoms with Crippen LogP contribution in [0.4, 0.5) is 4.79 Å². The molecule has 2 aliphatic carbocycles. The molecule has 0 aromatic heterocycles. The number of rotatable bonds is 11. The molecule has 2 aliphatic rings. The van der Waals surface area contributed by atoms with E-state index in [1.54, 1.807) is 0 Å². The Balaban J connectivity index is 1.57. The fourth-order valence-electron chi connectivity index (χ4n) is 5.36. The third-order valence-corrected chi connectivity index (χ3v) is 7.27. The molecule has 0 aromatic rings. The maximum absolute atomic E-state index is 12.1. The van der Waals surface area contributed by atoms with Crippen molar-refractivity contribution >= 4 is 6.16 Å². The topological polar surface area (TPSA) is 35.5 Å². The average Bonchev–Trinajstić information content (AvgIpc) is 2.70. The molecule has 0 amide bonds. The summed E-state index contributed by atoms with van der Waals surface area (Å²) in [6.07, 6.45) is 19.9. The molecule has 1 atom stereocenters. The highest BCUT2D eigenvalue weighted by atomic mass is 16.7. The maximum atomic E-state index is 12.1. The number of unbranched alkanes of at least 4 members (excludes halogenated alkanes) is 4. The van der Waals surface area contributed by atoms with E-state index in [2.05, 4.69) is 13.8 Å². The van der Waals surface area contributed by atoms with Crippen molar-refractivity contribution < 1.29 is 14.3 Å². The molecule has 0 heterocycles. The standard InChI is InChI=1S/C25H46O3/c1-4-6-8-9-10-20(3)27-25(26)28-24-18-16-23(17-19-24)22-14-12-21(13-15-22)11-7-5-2/h20-24H,4-19H2,1-3H3/t20-,21?,22?,23?,24?/m0/s1. The molecule has 0 N–H and O–H groups in total. The van der Waals surface area contributed by atoms with Gasteiger partial charge in [0.05, 0.1) is 0 Å². The summed E-state index contributed by atoms with van der Waals surface area (Å²) in [5.41, 5.74) is 0. The van der Waals surface area contributed by atoms with Gasteiger partial charge in [0.2, 0.25) is 0 Å². The number of carbonyl (C=O) groups is 1. The van der Waals surface area contributed by atoms with Crippen molar-refractivity contribution in [1.29, 1.82) is 0 Å². The summed E-state index contributed by atoms with van der Waals surface area (Å²) >= 11 is 0. The summed E-state index contributed by atoms with van der Waals surface area (Å²) in [6, 6.07) is 0. The summed E-state index contributed by atoms with van der Waals surface area (Å²) in [7, 11) is 0. The molecule has 0 aromatic carbocycles. The lowest BCUT2D eigenvalue weighted by atomic mass is 9.70. The highest BCUT2D eigenvalue weighted by Crippen LogP contribution is 2.41. The first-order chi connectivity index (χ1) is 13.6. The predicted molar refractivity (Wildman–Crippen MR) is 117 cm³/mol. The first-order valence-corrected chi connectivity index (χ1v) is 12.5. The second kappa shape index (κ2) is 13.5. The normalized spacial score (nSPS) is 29.2. The predicted octanol–water partition coefficient (Wildman–Crippen LogP) is 8.05. The zero-order valence-electron chi connectivity index (χ0n) is 18.9. The van der Waals surface area contributed by atoms with Gasteiger partial charge in [0.15, 0.2) is 0 Å². The van der Waals surface area contributed by atoms with Crippen LogP contribution in [0.1, 0.15) is 124 Å². The van der Waals surface area contributed by atoms with Crippen molar-refractivity contribution in [2.24, 2.45) is 17.8 Å². The second-order valence-electron chi connectivity index (χ2n) is 9.61. The van der Waals surface area contributed by atoms with Crippen LogP contribution in [0.5, 0.6) is 0 Å². The summed E-state index contributed by atoms with van der Waals surface area (Å²) in [5.74, 6) is 2.78. The number of hydrogen-bond acceptors (Lipinski definition) is 3. The molecule has 3 heteroatoms. The third-order valence-electron chi connectivity index (χ3n) is 7.27. The van der Waals surface area contributed by atoms with Crippen LogP contribution in [0, 0.1) is 17.8 Å². The van der Waals surface area contributed by atoms with E-state index in [-0.39, 0.29) is 12.2 Å². The van der Waals surface area contributed by atoms with Gasteiger partial charge in [0.25, 0.3) is 0 Å². The van der Waals surface area contributed by atoms with Crippen LogP contribution in [-0.4, -0.2) is 18.4 Å². The molecule has 0 radical (unpaired) electrons. The lowest BCUT2D eigenvalue weighted by Gasteiger charge is -2.37. The fourth-order valence-corrected chi connectivity index (χ4v) is 5.36. The van der Waals surface area contributed by atoms with Crippen molar-refractivity contribution in [3.8, 4) is 0 Å².